The first-order chi connectivity index (χ1) is 11.1. The molecule has 2 aliphatic rings. The van der Waals surface area contributed by atoms with Gasteiger partial charge in [0.25, 0.3) is 0 Å². The molecule has 23 heavy (non-hydrogen) atoms. The van der Waals surface area contributed by atoms with Crippen LogP contribution in [0.3, 0.4) is 0 Å². The summed E-state index contributed by atoms with van der Waals surface area (Å²) < 4.78 is 26.3. The van der Waals surface area contributed by atoms with E-state index in [0.29, 0.717) is 18.2 Å². The van der Waals surface area contributed by atoms with Gasteiger partial charge < -0.3 is 5.11 Å². The molecule has 0 aliphatic carbocycles. The lowest BCUT2D eigenvalue weighted by Gasteiger charge is -2.41. The number of aliphatic hydroxyl groups is 1. The van der Waals surface area contributed by atoms with Crippen LogP contribution >= 0.6 is 0 Å². The molecule has 0 spiro atoms. The summed E-state index contributed by atoms with van der Waals surface area (Å²) in [5.74, 6) is -1.77. The molecule has 2 atom stereocenters. The van der Waals surface area contributed by atoms with E-state index in [1.165, 1.54) is 44.8 Å². The first-order valence-corrected chi connectivity index (χ1v) is 8.73. The molecule has 0 radical (unpaired) electrons. The SMILES string of the molecule is O[C@@H](CN1CCC[C@@H](N2CCCCC2)C1)c1ccc(F)c(F)c1. The Kier molecular flexibility index (Phi) is 5.62. The Bertz CT molecular complexity index is 520. The summed E-state index contributed by atoms with van der Waals surface area (Å²) in [4.78, 5) is 4.84. The van der Waals surface area contributed by atoms with Gasteiger partial charge in [0.05, 0.1) is 6.10 Å². The van der Waals surface area contributed by atoms with E-state index in [0.717, 1.165) is 31.6 Å². The van der Waals surface area contributed by atoms with Crippen molar-refractivity contribution in [3.63, 3.8) is 0 Å². The Balaban J connectivity index is 1.57. The fourth-order valence-electron chi connectivity index (χ4n) is 3.85. The van der Waals surface area contributed by atoms with Gasteiger partial charge in [0.2, 0.25) is 0 Å². The zero-order chi connectivity index (χ0) is 16.2. The summed E-state index contributed by atoms with van der Waals surface area (Å²) in [7, 11) is 0. The quantitative estimate of drug-likeness (QED) is 0.922. The van der Waals surface area contributed by atoms with Crippen LogP contribution in [0.4, 0.5) is 8.78 Å². The number of β-amino-alcohol motifs (C(OH)–C–C–N with tert-alkyl or cyclic N) is 1. The van der Waals surface area contributed by atoms with Gasteiger partial charge in [-0.15, -0.1) is 0 Å². The predicted molar refractivity (Wildman–Crippen MR) is 86.2 cm³/mol. The molecule has 0 saturated carbocycles. The summed E-state index contributed by atoms with van der Waals surface area (Å²) in [6.07, 6.45) is 5.48. The van der Waals surface area contributed by atoms with E-state index in [1.807, 2.05) is 0 Å². The molecular formula is C18H26F2N2O. The highest BCUT2D eigenvalue weighted by atomic mass is 19.2. The molecule has 5 heteroatoms. The molecule has 0 aromatic heterocycles. The van der Waals surface area contributed by atoms with Crippen LogP contribution in [0.15, 0.2) is 18.2 Å². The second kappa shape index (κ2) is 7.69. The van der Waals surface area contributed by atoms with Gasteiger partial charge in [0, 0.05) is 19.1 Å². The lowest BCUT2D eigenvalue weighted by molar-refractivity contribution is 0.0499. The number of piperidine rings is 2. The largest absolute Gasteiger partial charge is 0.387 e. The van der Waals surface area contributed by atoms with Crippen molar-refractivity contribution in [2.75, 3.05) is 32.7 Å². The van der Waals surface area contributed by atoms with Crippen molar-refractivity contribution in [2.45, 2.75) is 44.2 Å². The summed E-state index contributed by atoms with van der Waals surface area (Å²) >= 11 is 0. The molecule has 0 unspecified atom stereocenters. The molecule has 1 N–H and O–H groups in total. The predicted octanol–water partition coefficient (Wildman–Crippen LogP) is 2.95. The molecule has 1 aromatic rings. The Morgan fingerprint density at radius 3 is 2.57 bits per heavy atom. The summed E-state index contributed by atoms with van der Waals surface area (Å²) in [6.45, 7) is 4.77. The highest BCUT2D eigenvalue weighted by Gasteiger charge is 2.27. The topological polar surface area (TPSA) is 26.7 Å². The van der Waals surface area contributed by atoms with Crippen molar-refractivity contribution in [3.8, 4) is 0 Å². The van der Waals surface area contributed by atoms with Gasteiger partial charge in [0.15, 0.2) is 11.6 Å². The second-order valence-electron chi connectivity index (χ2n) is 6.84. The average molecular weight is 324 g/mol. The minimum Gasteiger partial charge on any atom is -0.387 e. The molecular weight excluding hydrogens is 298 g/mol. The molecule has 0 amide bonds. The van der Waals surface area contributed by atoms with Crippen molar-refractivity contribution in [1.29, 1.82) is 0 Å². The number of likely N-dealkylation sites (tertiary alicyclic amines) is 2. The van der Waals surface area contributed by atoms with Crippen LogP contribution < -0.4 is 0 Å². The Hall–Kier alpha value is -1.04. The van der Waals surface area contributed by atoms with Crippen LogP contribution in [0, 0.1) is 11.6 Å². The number of nitrogens with zero attached hydrogens (tertiary/aromatic N) is 2. The maximum absolute atomic E-state index is 13.3. The van der Waals surface area contributed by atoms with Gasteiger partial charge in [-0.3, -0.25) is 9.80 Å². The first kappa shape index (κ1) is 16.8. The standard InChI is InChI=1S/C18H26F2N2O/c19-16-7-6-14(11-17(16)20)18(23)13-21-8-4-5-15(12-21)22-9-2-1-3-10-22/h6-7,11,15,18,23H,1-5,8-10,12-13H2/t15-,18+/m1/s1. The van der Waals surface area contributed by atoms with Crippen molar-refractivity contribution in [1.82, 2.24) is 9.80 Å². The van der Waals surface area contributed by atoms with Crippen molar-refractivity contribution < 1.29 is 13.9 Å². The maximum atomic E-state index is 13.3. The fraction of sp³-hybridized carbons (Fsp3) is 0.667. The summed E-state index contributed by atoms with van der Waals surface area (Å²) in [5.41, 5.74) is 0.448. The van der Waals surface area contributed by atoms with E-state index in [4.69, 9.17) is 0 Å². The zero-order valence-electron chi connectivity index (χ0n) is 13.6. The lowest BCUT2D eigenvalue weighted by Crippen LogP contribution is -2.50. The Labute approximate surface area is 136 Å². The molecule has 1 aromatic carbocycles. The van der Waals surface area contributed by atoms with Crippen molar-refractivity contribution in [3.05, 3.63) is 35.4 Å². The third-order valence-corrected chi connectivity index (χ3v) is 5.15. The van der Waals surface area contributed by atoms with Gasteiger partial charge in [-0.25, -0.2) is 8.78 Å². The Morgan fingerprint density at radius 1 is 1.04 bits per heavy atom. The molecule has 128 valence electrons. The maximum Gasteiger partial charge on any atom is 0.159 e. The number of hydrogen-bond acceptors (Lipinski definition) is 3. The average Bonchev–Trinajstić information content (AvgIpc) is 2.58. The second-order valence-corrected chi connectivity index (χ2v) is 6.84. The van der Waals surface area contributed by atoms with Gasteiger partial charge in [-0.2, -0.15) is 0 Å². The van der Waals surface area contributed by atoms with Crippen LogP contribution in [-0.2, 0) is 0 Å². The van der Waals surface area contributed by atoms with Gasteiger partial charge in [-0.1, -0.05) is 12.5 Å². The third kappa shape index (κ3) is 4.28. The molecule has 2 heterocycles. The van der Waals surface area contributed by atoms with Crippen LogP contribution in [0.2, 0.25) is 0 Å². The molecule has 2 aliphatic heterocycles. The number of halogens is 2. The van der Waals surface area contributed by atoms with Gasteiger partial charge in [-0.05, 0) is 63.0 Å². The highest BCUT2D eigenvalue weighted by molar-refractivity contribution is 5.20. The number of hydrogen-bond donors (Lipinski definition) is 1. The minimum absolute atomic E-state index is 0.448. The van der Waals surface area contributed by atoms with E-state index in [2.05, 4.69) is 9.80 Å². The minimum atomic E-state index is -0.897. The van der Waals surface area contributed by atoms with Crippen molar-refractivity contribution in [2.24, 2.45) is 0 Å². The third-order valence-electron chi connectivity index (χ3n) is 5.15. The van der Waals surface area contributed by atoms with Crippen LogP contribution in [0.5, 0.6) is 0 Å². The normalized spacial score (nSPS) is 25.4. The first-order valence-electron chi connectivity index (χ1n) is 8.73. The number of aliphatic hydroxyl groups excluding tert-OH is 1. The van der Waals surface area contributed by atoms with Gasteiger partial charge >= 0.3 is 0 Å². The molecule has 2 fully saturated rings. The van der Waals surface area contributed by atoms with E-state index in [9.17, 15) is 13.9 Å². The van der Waals surface area contributed by atoms with Crippen LogP contribution in [0.25, 0.3) is 0 Å². The molecule has 3 nitrogen and oxygen atoms in total. The van der Waals surface area contributed by atoms with E-state index >= 15 is 0 Å². The zero-order valence-corrected chi connectivity index (χ0v) is 13.6. The van der Waals surface area contributed by atoms with E-state index in [1.54, 1.807) is 0 Å². The van der Waals surface area contributed by atoms with Crippen LogP contribution in [-0.4, -0.2) is 53.7 Å². The highest BCUT2D eigenvalue weighted by Crippen LogP contribution is 2.23. The van der Waals surface area contributed by atoms with Gasteiger partial charge in [0.1, 0.15) is 0 Å². The molecule has 0 bridgehead atoms. The van der Waals surface area contributed by atoms with Crippen molar-refractivity contribution >= 4 is 0 Å². The Morgan fingerprint density at radius 2 is 1.83 bits per heavy atom. The lowest BCUT2D eigenvalue weighted by atomic mass is 10.00. The number of rotatable bonds is 4. The number of benzene rings is 1. The molecule has 3 rings (SSSR count). The molecule has 2 saturated heterocycles. The fourth-order valence-corrected chi connectivity index (χ4v) is 3.85. The monoisotopic (exact) mass is 324 g/mol. The van der Waals surface area contributed by atoms with E-state index in [-0.39, 0.29) is 0 Å². The summed E-state index contributed by atoms with van der Waals surface area (Å²) in [6, 6.07) is 4.23. The van der Waals surface area contributed by atoms with E-state index < -0.39 is 17.7 Å². The summed E-state index contributed by atoms with van der Waals surface area (Å²) in [5, 5.41) is 10.3. The van der Waals surface area contributed by atoms with Crippen LogP contribution in [0.1, 0.15) is 43.8 Å². The smallest absolute Gasteiger partial charge is 0.159 e.